The van der Waals surface area contributed by atoms with E-state index in [0.29, 0.717) is 17.7 Å². The van der Waals surface area contributed by atoms with Gasteiger partial charge in [-0.3, -0.25) is 10.1 Å². The highest BCUT2D eigenvalue weighted by Crippen LogP contribution is 2.29. The zero-order chi connectivity index (χ0) is 13.7. The molecule has 0 aliphatic rings. The number of aliphatic hydroxyl groups is 2. The normalized spacial score (nSPS) is 14.0. The molecule has 2 atom stereocenters. The maximum absolute atomic E-state index is 10.6. The highest BCUT2D eigenvalue weighted by atomic mass is 16.6. The van der Waals surface area contributed by atoms with Crippen LogP contribution in [-0.2, 0) is 0 Å². The molecule has 0 saturated carbocycles. The molecule has 1 aromatic carbocycles. The van der Waals surface area contributed by atoms with Gasteiger partial charge in [-0.2, -0.15) is 0 Å². The smallest absolute Gasteiger partial charge is 0.270 e. The summed E-state index contributed by atoms with van der Waals surface area (Å²) >= 11 is 0. The van der Waals surface area contributed by atoms with Crippen LogP contribution in [0.1, 0.15) is 31.9 Å². The Hall–Kier alpha value is -1.66. The van der Waals surface area contributed by atoms with E-state index in [-0.39, 0.29) is 12.3 Å². The SMILES string of the molecule is CCC(O)COc1ccc([N+](=O)[O-])cc1C(C)O. The molecule has 1 rings (SSSR count). The van der Waals surface area contributed by atoms with Crippen LogP contribution in [0.3, 0.4) is 0 Å². The monoisotopic (exact) mass is 255 g/mol. The van der Waals surface area contributed by atoms with Crippen molar-refractivity contribution in [2.75, 3.05) is 6.61 Å². The molecule has 6 heteroatoms. The fraction of sp³-hybridized carbons (Fsp3) is 0.500. The van der Waals surface area contributed by atoms with Gasteiger partial charge in [-0.15, -0.1) is 0 Å². The van der Waals surface area contributed by atoms with Gasteiger partial charge in [0.25, 0.3) is 5.69 Å². The van der Waals surface area contributed by atoms with Crippen LogP contribution < -0.4 is 4.74 Å². The minimum absolute atomic E-state index is 0.0913. The number of benzene rings is 1. The zero-order valence-corrected chi connectivity index (χ0v) is 10.4. The highest BCUT2D eigenvalue weighted by Gasteiger charge is 2.16. The predicted octanol–water partition coefficient (Wildman–Crippen LogP) is 1.80. The van der Waals surface area contributed by atoms with E-state index in [1.165, 1.54) is 25.1 Å². The van der Waals surface area contributed by atoms with Gasteiger partial charge in [0.1, 0.15) is 12.4 Å². The molecule has 0 heterocycles. The Morgan fingerprint density at radius 1 is 1.44 bits per heavy atom. The summed E-state index contributed by atoms with van der Waals surface area (Å²) in [4.78, 5) is 10.1. The Morgan fingerprint density at radius 3 is 2.61 bits per heavy atom. The van der Waals surface area contributed by atoms with Gasteiger partial charge in [0, 0.05) is 17.7 Å². The molecule has 0 aromatic heterocycles. The average Bonchev–Trinajstić information content (AvgIpc) is 2.35. The highest BCUT2D eigenvalue weighted by molar-refractivity contribution is 5.44. The third-order valence-electron chi connectivity index (χ3n) is 2.56. The van der Waals surface area contributed by atoms with Gasteiger partial charge >= 0.3 is 0 Å². The van der Waals surface area contributed by atoms with E-state index in [9.17, 15) is 20.3 Å². The number of nitro benzene ring substituents is 1. The molecule has 0 fully saturated rings. The lowest BCUT2D eigenvalue weighted by Crippen LogP contribution is -2.17. The molecule has 6 nitrogen and oxygen atoms in total. The second kappa shape index (κ2) is 6.32. The van der Waals surface area contributed by atoms with Crippen LogP contribution in [0.5, 0.6) is 5.75 Å². The fourth-order valence-electron chi connectivity index (χ4n) is 1.41. The quantitative estimate of drug-likeness (QED) is 0.597. The molecule has 1 aromatic rings. The number of rotatable bonds is 6. The van der Waals surface area contributed by atoms with Gasteiger partial charge in [-0.1, -0.05) is 6.92 Å². The lowest BCUT2D eigenvalue weighted by atomic mass is 10.1. The summed E-state index contributed by atoms with van der Waals surface area (Å²) in [6.45, 7) is 3.41. The second-order valence-electron chi connectivity index (χ2n) is 4.03. The van der Waals surface area contributed by atoms with Crippen molar-refractivity contribution >= 4 is 5.69 Å². The van der Waals surface area contributed by atoms with Crippen LogP contribution >= 0.6 is 0 Å². The lowest BCUT2D eigenvalue weighted by Gasteiger charge is -2.15. The molecule has 2 unspecified atom stereocenters. The van der Waals surface area contributed by atoms with Gasteiger partial charge in [-0.25, -0.2) is 0 Å². The largest absolute Gasteiger partial charge is 0.491 e. The van der Waals surface area contributed by atoms with E-state index >= 15 is 0 Å². The number of nitro groups is 1. The van der Waals surface area contributed by atoms with Crippen molar-refractivity contribution in [3.8, 4) is 5.75 Å². The predicted molar refractivity (Wildman–Crippen MR) is 65.5 cm³/mol. The average molecular weight is 255 g/mol. The van der Waals surface area contributed by atoms with E-state index in [4.69, 9.17) is 4.74 Å². The van der Waals surface area contributed by atoms with Crippen molar-refractivity contribution < 1.29 is 19.9 Å². The molecule has 0 aliphatic carbocycles. The molecule has 18 heavy (non-hydrogen) atoms. The third kappa shape index (κ3) is 3.68. The molecule has 0 spiro atoms. The Bertz CT molecular complexity index is 419. The van der Waals surface area contributed by atoms with Crippen LogP contribution in [0.15, 0.2) is 18.2 Å². The first-order valence-electron chi connectivity index (χ1n) is 5.73. The van der Waals surface area contributed by atoms with Crippen molar-refractivity contribution in [1.29, 1.82) is 0 Å². The van der Waals surface area contributed by atoms with Gasteiger partial charge < -0.3 is 14.9 Å². The summed E-state index contributed by atoms with van der Waals surface area (Å²) in [7, 11) is 0. The minimum Gasteiger partial charge on any atom is -0.491 e. The first-order valence-corrected chi connectivity index (χ1v) is 5.73. The van der Waals surface area contributed by atoms with Crippen molar-refractivity contribution in [3.63, 3.8) is 0 Å². The van der Waals surface area contributed by atoms with Crippen molar-refractivity contribution in [3.05, 3.63) is 33.9 Å². The van der Waals surface area contributed by atoms with Crippen LogP contribution in [0.25, 0.3) is 0 Å². The molecule has 0 amide bonds. The summed E-state index contributed by atoms with van der Waals surface area (Å²) in [5.41, 5.74) is 0.238. The number of non-ortho nitro benzene ring substituents is 1. The summed E-state index contributed by atoms with van der Waals surface area (Å²) in [6, 6.07) is 4.01. The summed E-state index contributed by atoms with van der Waals surface area (Å²) in [5, 5.41) is 29.6. The molecule has 0 radical (unpaired) electrons. The summed E-state index contributed by atoms with van der Waals surface area (Å²) in [6.07, 6.45) is -0.919. The van der Waals surface area contributed by atoms with Crippen LogP contribution in [-0.4, -0.2) is 27.8 Å². The topological polar surface area (TPSA) is 92.8 Å². The summed E-state index contributed by atoms with van der Waals surface area (Å²) < 4.78 is 5.35. The molecular formula is C12H17NO5. The maximum atomic E-state index is 10.6. The molecular weight excluding hydrogens is 238 g/mol. The number of hydrogen-bond donors (Lipinski definition) is 2. The second-order valence-corrected chi connectivity index (χ2v) is 4.03. The van der Waals surface area contributed by atoms with Gasteiger partial charge in [0.05, 0.1) is 17.1 Å². The van der Waals surface area contributed by atoms with Crippen LogP contribution in [0.2, 0.25) is 0 Å². The summed E-state index contributed by atoms with van der Waals surface area (Å²) in [5.74, 6) is 0.350. The Kier molecular flexibility index (Phi) is 5.06. The maximum Gasteiger partial charge on any atom is 0.270 e. The Morgan fingerprint density at radius 2 is 2.11 bits per heavy atom. The zero-order valence-electron chi connectivity index (χ0n) is 10.4. The van der Waals surface area contributed by atoms with Crippen molar-refractivity contribution in [2.45, 2.75) is 32.5 Å². The Balaban J connectivity index is 2.93. The molecule has 0 saturated heterocycles. The van der Waals surface area contributed by atoms with Gasteiger partial charge in [-0.05, 0) is 19.4 Å². The van der Waals surface area contributed by atoms with Gasteiger partial charge in [0.15, 0.2) is 0 Å². The van der Waals surface area contributed by atoms with Crippen LogP contribution in [0.4, 0.5) is 5.69 Å². The van der Waals surface area contributed by atoms with E-state index in [1.54, 1.807) is 0 Å². The lowest BCUT2D eigenvalue weighted by molar-refractivity contribution is -0.385. The molecule has 0 aliphatic heterocycles. The number of aliphatic hydroxyl groups excluding tert-OH is 2. The first kappa shape index (κ1) is 14.4. The molecule has 0 bridgehead atoms. The number of ether oxygens (including phenoxy) is 1. The molecule has 100 valence electrons. The minimum atomic E-state index is -0.876. The van der Waals surface area contributed by atoms with Gasteiger partial charge in [0.2, 0.25) is 0 Å². The fourth-order valence-corrected chi connectivity index (χ4v) is 1.41. The van der Waals surface area contributed by atoms with Crippen molar-refractivity contribution in [1.82, 2.24) is 0 Å². The van der Waals surface area contributed by atoms with E-state index in [1.807, 2.05) is 6.92 Å². The number of nitrogens with zero attached hydrogens (tertiary/aromatic N) is 1. The Labute approximate surface area is 105 Å². The van der Waals surface area contributed by atoms with Crippen molar-refractivity contribution in [2.24, 2.45) is 0 Å². The first-order chi connectivity index (χ1) is 8.45. The standard InChI is InChI=1S/C12H17NO5/c1-3-10(15)7-18-12-5-4-9(13(16)17)6-11(12)8(2)14/h4-6,8,10,14-15H,3,7H2,1-2H3. The number of hydrogen-bond acceptors (Lipinski definition) is 5. The van der Waals surface area contributed by atoms with E-state index in [0.717, 1.165) is 0 Å². The van der Waals surface area contributed by atoms with Crippen LogP contribution in [0, 0.1) is 10.1 Å². The molecule has 2 N–H and O–H groups in total. The third-order valence-corrected chi connectivity index (χ3v) is 2.56. The van der Waals surface area contributed by atoms with E-state index < -0.39 is 17.1 Å². The van der Waals surface area contributed by atoms with E-state index in [2.05, 4.69) is 0 Å².